The quantitative estimate of drug-likeness (QED) is 0.380. The van der Waals surface area contributed by atoms with Crippen molar-refractivity contribution in [3.63, 3.8) is 0 Å². The van der Waals surface area contributed by atoms with Gasteiger partial charge in [0.1, 0.15) is 23.0 Å². The number of alkyl halides is 3. The molecule has 1 aromatic heterocycles. The summed E-state index contributed by atoms with van der Waals surface area (Å²) in [6, 6.07) is 7.37. The van der Waals surface area contributed by atoms with Gasteiger partial charge in [-0.15, -0.1) is 0 Å². The van der Waals surface area contributed by atoms with E-state index in [1.54, 1.807) is 0 Å². The number of nitrogens with one attached hydrogen (secondary N) is 1. The molecule has 3 rings (SSSR count). The first-order chi connectivity index (χ1) is 15.0. The van der Waals surface area contributed by atoms with E-state index in [4.69, 9.17) is 16.3 Å². The maximum Gasteiger partial charge on any atom is 0.433 e. The van der Waals surface area contributed by atoms with Crippen LogP contribution in [0.4, 0.5) is 17.6 Å². The molecule has 12 heteroatoms. The first-order valence-electron chi connectivity index (χ1n) is 8.84. The number of rotatable bonds is 6. The number of aromatic amines is 1. The lowest BCUT2D eigenvalue weighted by Crippen LogP contribution is -2.08. The van der Waals surface area contributed by atoms with E-state index < -0.39 is 40.4 Å². The molecule has 1 unspecified atom stereocenters. The van der Waals surface area contributed by atoms with Crippen LogP contribution in [-0.4, -0.2) is 33.4 Å². The molecule has 1 N–H and O–H groups in total. The van der Waals surface area contributed by atoms with Crippen LogP contribution in [0, 0.1) is 5.82 Å². The molecule has 170 valence electrons. The SMILES string of the molecule is COc1ccc(-c2c(-c3ccc(S(=O)COC(C)=O)c(F)c3)n[nH]c2C(F)(F)F)cc1Cl. The topological polar surface area (TPSA) is 81.3 Å². The van der Waals surface area contributed by atoms with E-state index in [0.29, 0.717) is 0 Å². The zero-order valence-corrected chi connectivity index (χ0v) is 18.1. The zero-order valence-electron chi connectivity index (χ0n) is 16.5. The van der Waals surface area contributed by atoms with Crippen molar-refractivity contribution in [3.05, 3.63) is 52.9 Å². The number of ether oxygens (including phenoxy) is 2. The summed E-state index contributed by atoms with van der Waals surface area (Å²) in [4.78, 5) is 10.6. The average Bonchev–Trinajstić information content (AvgIpc) is 3.17. The highest BCUT2D eigenvalue weighted by molar-refractivity contribution is 7.84. The highest BCUT2D eigenvalue weighted by atomic mass is 35.5. The second-order valence-electron chi connectivity index (χ2n) is 6.41. The summed E-state index contributed by atoms with van der Waals surface area (Å²) in [6.45, 7) is 1.11. The van der Waals surface area contributed by atoms with Crippen LogP contribution in [-0.2, 0) is 26.5 Å². The minimum atomic E-state index is -4.78. The number of hydrogen-bond donors (Lipinski definition) is 1. The third-order valence-corrected chi connectivity index (χ3v) is 5.76. The summed E-state index contributed by atoms with van der Waals surface area (Å²) in [5.41, 5.74) is -1.58. The van der Waals surface area contributed by atoms with Crippen LogP contribution in [0.15, 0.2) is 41.3 Å². The van der Waals surface area contributed by atoms with E-state index in [9.17, 15) is 26.6 Å². The van der Waals surface area contributed by atoms with Gasteiger partial charge >= 0.3 is 12.1 Å². The van der Waals surface area contributed by atoms with Gasteiger partial charge in [-0.25, -0.2) is 4.39 Å². The average molecular weight is 491 g/mol. The van der Waals surface area contributed by atoms with Crippen molar-refractivity contribution in [2.24, 2.45) is 0 Å². The smallest absolute Gasteiger partial charge is 0.433 e. The number of esters is 1. The first kappa shape index (κ1) is 23.7. The Morgan fingerprint density at radius 2 is 1.88 bits per heavy atom. The van der Waals surface area contributed by atoms with Gasteiger partial charge in [0.05, 0.1) is 27.8 Å². The first-order valence-corrected chi connectivity index (χ1v) is 10.5. The Balaban J connectivity index is 2.10. The largest absolute Gasteiger partial charge is 0.495 e. The monoisotopic (exact) mass is 490 g/mol. The van der Waals surface area contributed by atoms with Crippen LogP contribution in [0.1, 0.15) is 12.6 Å². The predicted octanol–water partition coefficient (Wildman–Crippen LogP) is 5.19. The lowest BCUT2D eigenvalue weighted by molar-refractivity contribution is -0.141. The number of hydrogen-bond acceptors (Lipinski definition) is 5. The van der Waals surface area contributed by atoms with Crippen molar-refractivity contribution >= 4 is 28.4 Å². The molecule has 1 heterocycles. The number of carbonyl (C=O) groups excluding carboxylic acids is 1. The van der Waals surface area contributed by atoms with Crippen molar-refractivity contribution in [3.8, 4) is 28.1 Å². The minimum absolute atomic E-state index is 0.00410. The van der Waals surface area contributed by atoms with Crippen molar-refractivity contribution in [1.82, 2.24) is 10.2 Å². The normalized spacial score (nSPS) is 12.5. The van der Waals surface area contributed by atoms with Gasteiger partial charge in [0.15, 0.2) is 5.94 Å². The maximum atomic E-state index is 14.6. The van der Waals surface area contributed by atoms with E-state index in [1.165, 1.54) is 31.4 Å². The third kappa shape index (κ3) is 4.94. The van der Waals surface area contributed by atoms with Crippen molar-refractivity contribution < 1.29 is 36.0 Å². The molecule has 0 bridgehead atoms. The van der Waals surface area contributed by atoms with Gasteiger partial charge in [0.25, 0.3) is 0 Å². The van der Waals surface area contributed by atoms with Crippen LogP contribution >= 0.6 is 11.6 Å². The maximum absolute atomic E-state index is 14.6. The van der Waals surface area contributed by atoms with Crippen LogP contribution < -0.4 is 4.74 Å². The molecule has 0 spiro atoms. The molecule has 0 aliphatic heterocycles. The second kappa shape index (κ2) is 9.29. The lowest BCUT2D eigenvalue weighted by Gasteiger charge is -2.11. The molecule has 6 nitrogen and oxygen atoms in total. The lowest BCUT2D eigenvalue weighted by atomic mass is 9.98. The summed E-state index contributed by atoms with van der Waals surface area (Å²) in [5.74, 6) is -1.93. The third-order valence-electron chi connectivity index (χ3n) is 4.31. The summed E-state index contributed by atoms with van der Waals surface area (Å²) in [6.07, 6.45) is -4.78. The van der Waals surface area contributed by atoms with E-state index in [-0.39, 0.29) is 38.1 Å². The van der Waals surface area contributed by atoms with Crippen LogP contribution in [0.25, 0.3) is 22.4 Å². The molecule has 0 radical (unpaired) electrons. The van der Waals surface area contributed by atoms with Gasteiger partial charge in [0, 0.05) is 18.1 Å². The van der Waals surface area contributed by atoms with Gasteiger partial charge < -0.3 is 9.47 Å². The molecule has 32 heavy (non-hydrogen) atoms. The summed E-state index contributed by atoms with van der Waals surface area (Å²) in [7, 11) is -0.633. The standard InChI is InChI=1S/C20H15ClF4N2O4S/c1-10(28)31-9-32(29)16-6-4-12(8-14(16)22)18-17(19(27-26-18)20(23,24)25)11-3-5-15(30-2)13(21)7-11/h3-8H,9H2,1-2H3,(H,26,27). The van der Waals surface area contributed by atoms with Gasteiger partial charge in [-0.3, -0.25) is 14.1 Å². The number of methoxy groups -OCH3 is 1. The Morgan fingerprint density at radius 3 is 2.44 bits per heavy atom. The van der Waals surface area contributed by atoms with Gasteiger partial charge in [-0.05, 0) is 29.8 Å². The fourth-order valence-electron chi connectivity index (χ4n) is 2.89. The van der Waals surface area contributed by atoms with Crippen LogP contribution in [0.5, 0.6) is 5.75 Å². The minimum Gasteiger partial charge on any atom is -0.495 e. The van der Waals surface area contributed by atoms with Crippen molar-refractivity contribution in [1.29, 1.82) is 0 Å². The van der Waals surface area contributed by atoms with E-state index in [0.717, 1.165) is 19.1 Å². The molecule has 1 atom stereocenters. The van der Waals surface area contributed by atoms with Crippen LogP contribution in [0.3, 0.4) is 0 Å². The van der Waals surface area contributed by atoms with E-state index >= 15 is 0 Å². The number of aromatic nitrogens is 2. The Hall–Kier alpha value is -2.92. The van der Waals surface area contributed by atoms with Gasteiger partial charge in [-0.1, -0.05) is 23.7 Å². The number of benzene rings is 2. The van der Waals surface area contributed by atoms with Crippen molar-refractivity contribution in [2.75, 3.05) is 13.0 Å². The van der Waals surface area contributed by atoms with E-state index in [2.05, 4.69) is 9.84 Å². The molecule has 3 aromatic rings. The Labute approximate surface area is 186 Å². The number of nitrogens with zero attached hydrogens (tertiary/aromatic N) is 1. The molecule has 0 amide bonds. The molecule has 0 fully saturated rings. The molecular weight excluding hydrogens is 476 g/mol. The fraction of sp³-hybridized carbons (Fsp3) is 0.200. The van der Waals surface area contributed by atoms with E-state index in [1.807, 2.05) is 5.10 Å². The van der Waals surface area contributed by atoms with Crippen LogP contribution in [0.2, 0.25) is 5.02 Å². The van der Waals surface area contributed by atoms with Gasteiger partial charge in [-0.2, -0.15) is 18.3 Å². The summed E-state index contributed by atoms with van der Waals surface area (Å²) in [5, 5.41) is 5.78. The number of H-pyrrole nitrogens is 1. The number of halogens is 5. The highest BCUT2D eigenvalue weighted by Gasteiger charge is 2.38. The molecule has 0 aliphatic rings. The molecule has 2 aromatic carbocycles. The Kier molecular flexibility index (Phi) is 6.89. The van der Waals surface area contributed by atoms with Gasteiger partial charge in [0.2, 0.25) is 0 Å². The Bertz CT molecular complexity index is 1200. The summed E-state index contributed by atoms with van der Waals surface area (Å²) >= 11 is 6.08. The predicted molar refractivity (Wildman–Crippen MR) is 109 cm³/mol. The number of carbonyl (C=O) groups is 1. The van der Waals surface area contributed by atoms with Crippen molar-refractivity contribution in [2.45, 2.75) is 18.0 Å². The molecule has 0 saturated carbocycles. The molecule has 0 aliphatic carbocycles. The highest BCUT2D eigenvalue weighted by Crippen LogP contribution is 2.43. The molecular formula is C20H15ClF4N2O4S. The second-order valence-corrected chi connectivity index (χ2v) is 8.19. The summed E-state index contributed by atoms with van der Waals surface area (Å²) < 4.78 is 77.3. The molecule has 0 saturated heterocycles. The fourth-order valence-corrected chi connectivity index (χ4v) is 4.05. The Morgan fingerprint density at radius 1 is 1.19 bits per heavy atom. The zero-order chi connectivity index (χ0) is 23.6.